The predicted octanol–water partition coefficient (Wildman–Crippen LogP) is 3.66. The second kappa shape index (κ2) is 7.80. The molecule has 1 aromatic heterocycles. The number of hydrogen-bond donors (Lipinski definition) is 1. The lowest BCUT2D eigenvalue weighted by molar-refractivity contribution is -0.122. The van der Waals surface area contributed by atoms with Gasteiger partial charge in [0, 0.05) is 10.6 Å². The molecule has 0 aliphatic heterocycles. The van der Waals surface area contributed by atoms with Gasteiger partial charge in [0.1, 0.15) is 12.4 Å². The van der Waals surface area contributed by atoms with Gasteiger partial charge in [-0.2, -0.15) is 4.80 Å². The molecule has 0 saturated heterocycles. The normalized spacial score (nSPS) is 12.0. The molecule has 3 aromatic rings. The number of nitrogens with zero attached hydrogens (tertiary/aromatic N) is 4. The maximum absolute atomic E-state index is 13.6. The molecule has 0 aliphatic rings. The Bertz CT molecular complexity index is 932. The van der Waals surface area contributed by atoms with Crippen LogP contribution in [0.25, 0.3) is 11.4 Å². The Morgan fingerprint density at radius 1 is 1.23 bits per heavy atom. The van der Waals surface area contributed by atoms with Crippen LogP contribution in [0.15, 0.2) is 42.5 Å². The molecule has 1 unspecified atom stereocenters. The lowest BCUT2D eigenvalue weighted by Gasteiger charge is -2.16. The van der Waals surface area contributed by atoms with Gasteiger partial charge in [-0.05, 0) is 29.8 Å². The van der Waals surface area contributed by atoms with E-state index in [0.717, 1.165) is 5.56 Å². The summed E-state index contributed by atoms with van der Waals surface area (Å²) in [6, 6.07) is 11.3. The smallest absolute Gasteiger partial charge is 0.244 e. The highest BCUT2D eigenvalue weighted by Gasteiger charge is 2.17. The van der Waals surface area contributed by atoms with E-state index >= 15 is 0 Å². The molecule has 1 N–H and O–H groups in total. The molecule has 1 heterocycles. The van der Waals surface area contributed by atoms with Gasteiger partial charge in [0.05, 0.1) is 11.1 Å². The van der Waals surface area contributed by atoms with Crippen LogP contribution >= 0.6 is 23.2 Å². The number of tetrazole rings is 1. The van der Waals surface area contributed by atoms with Crippen LogP contribution in [0.4, 0.5) is 4.39 Å². The van der Waals surface area contributed by atoms with Gasteiger partial charge in [-0.25, -0.2) is 4.39 Å². The first-order valence-corrected chi connectivity index (χ1v) is 8.46. The van der Waals surface area contributed by atoms with Crippen molar-refractivity contribution in [3.63, 3.8) is 0 Å². The van der Waals surface area contributed by atoms with Crippen molar-refractivity contribution in [2.24, 2.45) is 0 Å². The van der Waals surface area contributed by atoms with Gasteiger partial charge in [0.25, 0.3) is 0 Å². The summed E-state index contributed by atoms with van der Waals surface area (Å²) in [7, 11) is 0. The number of aromatic nitrogens is 4. The molecule has 1 atom stereocenters. The summed E-state index contributed by atoms with van der Waals surface area (Å²) < 4.78 is 13.6. The Labute approximate surface area is 158 Å². The van der Waals surface area contributed by atoms with E-state index in [4.69, 9.17) is 23.2 Å². The Morgan fingerprint density at radius 3 is 2.69 bits per heavy atom. The summed E-state index contributed by atoms with van der Waals surface area (Å²) in [5, 5.41) is 14.9. The summed E-state index contributed by atoms with van der Waals surface area (Å²) in [4.78, 5) is 13.4. The van der Waals surface area contributed by atoms with Crippen LogP contribution in [0.3, 0.4) is 0 Å². The van der Waals surface area contributed by atoms with E-state index in [1.807, 2.05) is 30.3 Å². The summed E-state index contributed by atoms with van der Waals surface area (Å²) in [6.07, 6.45) is 0. The van der Waals surface area contributed by atoms with Crippen molar-refractivity contribution in [3.05, 3.63) is 63.9 Å². The Kier molecular flexibility index (Phi) is 5.49. The molecular weight excluding hydrogens is 380 g/mol. The molecule has 26 heavy (non-hydrogen) atoms. The average Bonchev–Trinajstić information content (AvgIpc) is 3.07. The highest BCUT2D eigenvalue weighted by atomic mass is 35.5. The highest BCUT2D eigenvalue weighted by Crippen LogP contribution is 2.28. The van der Waals surface area contributed by atoms with Crippen LogP contribution < -0.4 is 5.32 Å². The van der Waals surface area contributed by atoms with Gasteiger partial charge in [0.15, 0.2) is 0 Å². The molecule has 134 valence electrons. The van der Waals surface area contributed by atoms with Crippen molar-refractivity contribution >= 4 is 29.1 Å². The quantitative estimate of drug-likeness (QED) is 0.671. The number of nitrogens with one attached hydrogen (secondary N) is 1. The molecule has 0 fully saturated rings. The number of hydrogen-bond acceptors (Lipinski definition) is 4. The minimum Gasteiger partial charge on any atom is -0.348 e. The van der Waals surface area contributed by atoms with E-state index in [2.05, 4.69) is 20.7 Å². The number of halogens is 3. The molecule has 0 saturated carbocycles. The lowest BCUT2D eigenvalue weighted by Crippen LogP contribution is -2.31. The topological polar surface area (TPSA) is 72.7 Å². The van der Waals surface area contributed by atoms with Crippen LogP contribution in [-0.4, -0.2) is 26.1 Å². The van der Waals surface area contributed by atoms with E-state index in [1.165, 1.54) is 16.9 Å². The van der Waals surface area contributed by atoms with Crippen molar-refractivity contribution in [1.29, 1.82) is 0 Å². The summed E-state index contributed by atoms with van der Waals surface area (Å²) in [6.45, 7) is 1.56. The molecule has 6 nitrogen and oxygen atoms in total. The Morgan fingerprint density at radius 2 is 1.96 bits per heavy atom. The minimum absolute atomic E-state index is 0.0717. The first-order valence-electron chi connectivity index (χ1n) is 7.71. The fourth-order valence-corrected chi connectivity index (χ4v) is 2.92. The van der Waals surface area contributed by atoms with Gasteiger partial charge in [0.2, 0.25) is 11.7 Å². The van der Waals surface area contributed by atoms with Crippen molar-refractivity contribution < 1.29 is 9.18 Å². The Balaban J connectivity index is 1.66. The number of carbonyl (C=O) groups excluding carboxylic acids is 1. The van der Waals surface area contributed by atoms with Crippen molar-refractivity contribution in [1.82, 2.24) is 25.5 Å². The third-order valence-electron chi connectivity index (χ3n) is 3.65. The standard InChI is InChI=1S/C17H14Cl2FN5O/c1-10(12-7-15(20)14(19)8-13(12)18)21-16(26)9-25-23-17(22-24-25)11-5-3-2-4-6-11/h2-8,10H,9H2,1H3,(H,21,26). The summed E-state index contributed by atoms with van der Waals surface area (Å²) in [5.74, 6) is -0.534. The van der Waals surface area contributed by atoms with E-state index in [1.54, 1.807) is 6.92 Å². The van der Waals surface area contributed by atoms with Crippen LogP contribution in [0, 0.1) is 5.82 Å². The van der Waals surface area contributed by atoms with Crippen LogP contribution in [0.5, 0.6) is 0 Å². The Hall–Kier alpha value is -2.51. The van der Waals surface area contributed by atoms with Crippen molar-refractivity contribution in [2.45, 2.75) is 19.5 Å². The van der Waals surface area contributed by atoms with E-state index < -0.39 is 11.9 Å². The maximum atomic E-state index is 13.6. The second-order valence-electron chi connectivity index (χ2n) is 5.59. The molecule has 1 amide bonds. The average molecular weight is 394 g/mol. The second-order valence-corrected chi connectivity index (χ2v) is 6.40. The van der Waals surface area contributed by atoms with Gasteiger partial charge < -0.3 is 5.32 Å². The molecule has 0 bridgehead atoms. The van der Waals surface area contributed by atoms with Gasteiger partial charge >= 0.3 is 0 Å². The number of amides is 1. The van der Waals surface area contributed by atoms with Gasteiger partial charge in [-0.1, -0.05) is 53.5 Å². The zero-order valence-electron chi connectivity index (χ0n) is 13.7. The van der Waals surface area contributed by atoms with Crippen LogP contribution in [-0.2, 0) is 11.3 Å². The molecule has 0 aliphatic carbocycles. The fraction of sp³-hybridized carbons (Fsp3) is 0.176. The zero-order valence-corrected chi connectivity index (χ0v) is 15.2. The number of carbonyl (C=O) groups is 1. The van der Waals surface area contributed by atoms with Crippen molar-refractivity contribution in [2.75, 3.05) is 0 Å². The first kappa shape index (κ1) is 18.3. The molecule has 2 aromatic carbocycles. The highest BCUT2D eigenvalue weighted by molar-refractivity contribution is 6.35. The van der Waals surface area contributed by atoms with Gasteiger partial charge in [-0.15, -0.1) is 10.2 Å². The molecule has 3 rings (SSSR count). The molecule has 0 spiro atoms. The van der Waals surface area contributed by atoms with Crippen LogP contribution in [0.2, 0.25) is 10.0 Å². The predicted molar refractivity (Wildman–Crippen MR) is 96.2 cm³/mol. The molecular formula is C17H14Cl2FN5O. The minimum atomic E-state index is -0.599. The third-order valence-corrected chi connectivity index (χ3v) is 4.27. The van der Waals surface area contributed by atoms with E-state index in [-0.39, 0.29) is 22.5 Å². The van der Waals surface area contributed by atoms with Crippen LogP contribution in [0.1, 0.15) is 18.5 Å². The van der Waals surface area contributed by atoms with E-state index in [9.17, 15) is 9.18 Å². The number of benzene rings is 2. The van der Waals surface area contributed by atoms with E-state index in [0.29, 0.717) is 11.4 Å². The van der Waals surface area contributed by atoms with Gasteiger partial charge in [-0.3, -0.25) is 4.79 Å². The fourth-order valence-electron chi connectivity index (χ4n) is 2.38. The molecule has 0 radical (unpaired) electrons. The first-order chi connectivity index (χ1) is 12.4. The zero-order chi connectivity index (χ0) is 18.7. The summed E-state index contributed by atoms with van der Waals surface area (Å²) >= 11 is 11.8. The van der Waals surface area contributed by atoms with Crippen molar-refractivity contribution in [3.8, 4) is 11.4 Å². The maximum Gasteiger partial charge on any atom is 0.244 e. The summed E-state index contributed by atoms with van der Waals surface area (Å²) in [5.41, 5.74) is 1.23. The third kappa shape index (κ3) is 4.17. The lowest BCUT2D eigenvalue weighted by atomic mass is 10.1. The largest absolute Gasteiger partial charge is 0.348 e. The molecule has 9 heteroatoms. The SMILES string of the molecule is CC(NC(=O)Cn1nnc(-c2ccccc2)n1)c1cc(F)c(Cl)cc1Cl. The number of rotatable bonds is 5. The monoisotopic (exact) mass is 393 g/mol.